The van der Waals surface area contributed by atoms with Gasteiger partial charge in [0.2, 0.25) is 12.7 Å². The fourth-order valence-electron chi connectivity index (χ4n) is 1.70. The SMILES string of the molecule is O=C(/C=C/c1cccs1)Nc1ccc2c(c1)OCO2. The fraction of sp³-hybridized carbons (Fsp3) is 0.0714. The van der Waals surface area contributed by atoms with Crippen LogP contribution in [0.2, 0.25) is 0 Å². The van der Waals surface area contributed by atoms with Crippen LogP contribution in [0, 0.1) is 0 Å². The number of anilines is 1. The van der Waals surface area contributed by atoms with Gasteiger partial charge in [-0.1, -0.05) is 6.07 Å². The van der Waals surface area contributed by atoms with E-state index in [0.29, 0.717) is 17.2 Å². The Hall–Kier alpha value is -2.27. The van der Waals surface area contributed by atoms with E-state index in [9.17, 15) is 4.79 Å². The molecule has 0 atom stereocenters. The van der Waals surface area contributed by atoms with Gasteiger partial charge in [0, 0.05) is 22.7 Å². The van der Waals surface area contributed by atoms with Crippen LogP contribution >= 0.6 is 11.3 Å². The number of rotatable bonds is 3. The van der Waals surface area contributed by atoms with Crippen LogP contribution < -0.4 is 14.8 Å². The minimum Gasteiger partial charge on any atom is -0.454 e. The number of hydrogen-bond acceptors (Lipinski definition) is 4. The van der Waals surface area contributed by atoms with E-state index in [1.807, 2.05) is 17.5 Å². The van der Waals surface area contributed by atoms with Gasteiger partial charge in [-0.05, 0) is 29.7 Å². The van der Waals surface area contributed by atoms with Crippen molar-refractivity contribution in [2.75, 3.05) is 12.1 Å². The summed E-state index contributed by atoms with van der Waals surface area (Å²) in [6.07, 6.45) is 3.30. The Labute approximate surface area is 114 Å². The van der Waals surface area contributed by atoms with E-state index in [4.69, 9.17) is 9.47 Å². The van der Waals surface area contributed by atoms with Crippen molar-refractivity contribution >= 4 is 29.0 Å². The lowest BCUT2D eigenvalue weighted by Gasteiger charge is -2.03. The summed E-state index contributed by atoms with van der Waals surface area (Å²) in [6.45, 7) is 0.227. The first kappa shape index (κ1) is 11.8. The number of carbonyl (C=O) groups excluding carboxylic acids is 1. The van der Waals surface area contributed by atoms with Gasteiger partial charge in [-0.3, -0.25) is 4.79 Å². The third-order valence-electron chi connectivity index (χ3n) is 2.58. The van der Waals surface area contributed by atoms with E-state index < -0.39 is 0 Å². The molecule has 0 saturated heterocycles. The van der Waals surface area contributed by atoms with Crippen molar-refractivity contribution in [2.24, 2.45) is 0 Å². The molecule has 96 valence electrons. The van der Waals surface area contributed by atoms with Crippen LogP contribution in [0.1, 0.15) is 4.88 Å². The highest BCUT2D eigenvalue weighted by atomic mass is 32.1. The number of hydrogen-bond donors (Lipinski definition) is 1. The third-order valence-corrected chi connectivity index (χ3v) is 3.42. The second kappa shape index (κ2) is 5.16. The summed E-state index contributed by atoms with van der Waals surface area (Å²) in [5.74, 6) is 1.18. The lowest BCUT2D eigenvalue weighted by atomic mass is 10.2. The van der Waals surface area contributed by atoms with Crippen molar-refractivity contribution in [3.63, 3.8) is 0 Å². The number of nitrogens with one attached hydrogen (secondary N) is 1. The quantitative estimate of drug-likeness (QED) is 0.874. The summed E-state index contributed by atoms with van der Waals surface area (Å²) in [7, 11) is 0. The largest absolute Gasteiger partial charge is 0.454 e. The monoisotopic (exact) mass is 273 g/mol. The highest BCUT2D eigenvalue weighted by Gasteiger charge is 2.13. The predicted molar refractivity (Wildman–Crippen MR) is 74.5 cm³/mol. The Bertz CT molecular complexity index is 620. The molecule has 2 heterocycles. The second-order valence-electron chi connectivity index (χ2n) is 3.91. The normalized spacial score (nSPS) is 12.8. The predicted octanol–water partition coefficient (Wildman–Crippen LogP) is 3.13. The van der Waals surface area contributed by atoms with Crippen LogP contribution in [0.3, 0.4) is 0 Å². The van der Waals surface area contributed by atoms with Crippen molar-refractivity contribution in [1.82, 2.24) is 0 Å². The molecule has 1 amide bonds. The molecule has 1 N–H and O–H groups in total. The molecule has 0 radical (unpaired) electrons. The van der Waals surface area contributed by atoms with Crippen LogP contribution in [0.25, 0.3) is 6.08 Å². The van der Waals surface area contributed by atoms with Gasteiger partial charge >= 0.3 is 0 Å². The maximum atomic E-state index is 11.7. The van der Waals surface area contributed by atoms with E-state index in [2.05, 4.69) is 5.32 Å². The fourth-order valence-corrected chi connectivity index (χ4v) is 2.32. The summed E-state index contributed by atoms with van der Waals surface area (Å²) in [6, 6.07) is 9.21. The van der Waals surface area contributed by atoms with Crippen molar-refractivity contribution in [3.8, 4) is 11.5 Å². The van der Waals surface area contributed by atoms with Crippen LogP contribution in [-0.4, -0.2) is 12.7 Å². The molecule has 1 aromatic heterocycles. The Morgan fingerprint density at radius 3 is 3.00 bits per heavy atom. The van der Waals surface area contributed by atoms with E-state index in [-0.39, 0.29) is 12.7 Å². The van der Waals surface area contributed by atoms with Crippen LogP contribution in [0.5, 0.6) is 11.5 Å². The summed E-state index contributed by atoms with van der Waals surface area (Å²) in [4.78, 5) is 12.8. The van der Waals surface area contributed by atoms with E-state index in [0.717, 1.165) is 4.88 Å². The zero-order valence-electron chi connectivity index (χ0n) is 9.96. The molecule has 1 aliphatic rings. The van der Waals surface area contributed by atoms with Gasteiger partial charge in [0.15, 0.2) is 11.5 Å². The Morgan fingerprint density at radius 2 is 2.16 bits per heavy atom. The molecule has 2 aromatic rings. The molecule has 5 heteroatoms. The van der Waals surface area contributed by atoms with Gasteiger partial charge in [0.1, 0.15) is 0 Å². The smallest absolute Gasteiger partial charge is 0.248 e. The lowest BCUT2D eigenvalue weighted by Crippen LogP contribution is -2.07. The molecule has 0 saturated carbocycles. The van der Waals surface area contributed by atoms with Gasteiger partial charge < -0.3 is 14.8 Å². The maximum absolute atomic E-state index is 11.7. The zero-order chi connectivity index (χ0) is 13.1. The van der Waals surface area contributed by atoms with Crippen molar-refractivity contribution in [1.29, 1.82) is 0 Å². The summed E-state index contributed by atoms with van der Waals surface area (Å²) in [5, 5.41) is 4.75. The molecule has 3 rings (SSSR count). The molecule has 1 aromatic carbocycles. The Kier molecular flexibility index (Phi) is 3.20. The minimum absolute atomic E-state index is 0.174. The topological polar surface area (TPSA) is 47.6 Å². The number of ether oxygens (including phenoxy) is 2. The Balaban J connectivity index is 1.66. The molecule has 0 aliphatic carbocycles. The van der Waals surface area contributed by atoms with Gasteiger partial charge in [-0.15, -0.1) is 11.3 Å². The summed E-state index contributed by atoms with van der Waals surface area (Å²) in [5.41, 5.74) is 0.685. The van der Waals surface area contributed by atoms with Gasteiger partial charge in [-0.25, -0.2) is 0 Å². The lowest BCUT2D eigenvalue weighted by molar-refractivity contribution is -0.111. The number of benzene rings is 1. The van der Waals surface area contributed by atoms with Crippen LogP contribution in [0.15, 0.2) is 41.8 Å². The van der Waals surface area contributed by atoms with Crippen molar-refractivity contribution < 1.29 is 14.3 Å². The highest BCUT2D eigenvalue weighted by Crippen LogP contribution is 2.34. The number of thiophene rings is 1. The average molecular weight is 273 g/mol. The Morgan fingerprint density at radius 1 is 1.26 bits per heavy atom. The molecular weight excluding hydrogens is 262 g/mol. The summed E-state index contributed by atoms with van der Waals surface area (Å²) >= 11 is 1.58. The number of carbonyl (C=O) groups is 1. The van der Waals surface area contributed by atoms with Crippen LogP contribution in [0.4, 0.5) is 5.69 Å². The molecule has 0 fully saturated rings. The molecule has 4 nitrogen and oxygen atoms in total. The van der Waals surface area contributed by atoms with Gasteiger partial charge in [0.05, 0.1) is 0 Å². The number of amides is 1. The minimum atomic E-state index is -0.174. The molecule has 0 unspecified atom stereocenters. The van der Waals surface area contributed by atoms with Gasteiger partial charge in [-0.2, -0.15) is 0 Å². The van der Waals surface area contributed by atoms with Crippen molar-refractivity contribution in [3.05, 3.63) is 46.7 Å². The van der Waals surface area contributed by atoms with Crippen LogP contribution in [-0.2, 0) is 4.79 Å². The summed E-state index contributed by atoms with van der Waals surface area (Å²) < 4.78 is 10.5. The first-order valence-corrected chi connectivity index (χ1v) is 6.61. The highest BCUT2D eigenvalue weighted by molar-refractivity contribution is 7.10. The average Bonchev–Trinajstić information content (AvgIpc) is 3.07. The first-order chi connectivity index (χ1) is 9.31. The van der Waals surface area contributed by atoms with Gasteiger partial charge in [0.25, 0.3) is 0 Å². The first-order valence-electron chi connectivity index (χ1n) is 5.73. The molecular formula is C14H11NO3S. The maximum Gasteiger partial charge on any atom is 0.248 e. The van der Waals surface area contributed by atoms with Crippen molar-refractivity contribution in [2.45, 2.75) is 0 Å². The van der Waals surface area contributed by atoms with E-state index in [1.165, 1.54) is 6.08 Å². The molecule has 19 heavy (non-hydrogen) atoms. The van der Waals surface area contributed by atoms with E-state index in [1.54, 1.807) is 35.6 Å². The number of fused-ring (bicyclic) bond motifs is 1. The third kappa shape index (κ3) is 2.77. The molecule has 1 aliphatic heterocycles. The van der Waals surface area contributed by atoms with E-state index >= 15 is 0 Å². The molecule has 0 spiro atoms. The second-order valence-corrected chi connectivity index (χ2v) is 4.89. The molecule has 0 bridgehead atoms. The zero-order valence-corrected chi connectivity index (χ0v) is 10.8. The standard InChI is InChI=1S/C14H11NO3S/c16-14(6-4-11-2-1-7-19-11)15-10-3-5-12-13(8-10)18-9-17-12/h1-8H,9H2,(H,15,16)/b6-4+.